The molecule has 32 heavy (non-hydrogen) atoms. The lowest BCUT2D eigenvalue weighted by molar-refractivity contribution is -0.0227. The van der Waals surface area contributed by atoms with Crippen molar-refractivity contribution in [1.82, 2.24) is 19.7 Å². The summed E-state index contributed by atoms with van der Waals surface area (Å²) in [5.41, 5.74) is -1.15. The van der Waals surface area contributed by atoms with E-state index in [1.807, 2.05) is 0 Å². The van der Waals surface area contributed by atoms with Gasteiger partial charge in [-0.05, 0) is 19.4 Å². The highest BCUT2D eigenvalue weighted by Gasteiger charge is 2.44. The van der Waals surface area contributed by atoms with E-state index in [1.54, 1.807) is 6.92 Å². The zero-order chi connectivity index (χ0) is 23.2. The summed E-state index contributed by atoms with van der Waals surface area (Å²) >= 11 is 0. The van der Waals surface area contributed by atoms with Gasteiger partial charge in [0.05, 0.1) is 17.9 Å². The second-order valence-corrected chi connectivity index (χ2v) is 8.22. The molecule has 0 aliphatic carbocycles. The van der Waals surface area contributed by atoms with Gasteiger partial charge in [0.1, 0.15) is 11.4 Å². The number of fused-ring (bicyclic) bond motifs is 3. The Kier molecular flexibility index (Phi) is 5.82. The number of hydrogen-bond donors (Lipinski definition) is 2. The highest BCUT2D eigenvalue weighted by molar-refractivity contribution is 5.90. The SMILES string of the molecule is C[C@@H]1Cc2nn3c(c2CN1C(=O)Nc1ccnc(C(F)F)c1F)C(F)(F)CCC(CO)C3. The third-order valence-corrected chi connectivity index (χ3v) is 6.01. The number of anilines is 1. The Labute approximate surface area is 180 Å². The van der Waals surface area contributed by atoms with Gasteiger partial charge in [-0.2, -0.15) is 13.9 Å². The number of carbonyl (C=O) groups is 1. The summed E-state index contributed by atoms with van der Waals surface area (Å²) < 4.78 is 71.2. The number of amides is 2. The molecule has 0 fully saturated rings. The summed E-state index contributed by atoms with van der Waals surface area (Å²) in [7, 11) is 0. The first-order valence-corrected chi connectivity index (χ1v) is 10.2. The predicted molar refractivity (Wildman–Crippen MR) is 103 cm³/mol. The average molecular weight is 459 g/mol. The van der Waals surface area contributed by atoms with Crippen molar-refractivity contribution in [3.8, 4) is 0 Å². The fourth-order valence-electron chi connectivity index (χ4n) is 4.29. The van der Waals surface area contributed by atoms with Crippen molar-refractivity contribution in [2.75, 3.05) is 11.9 Å². The minimum Gasteiger partial charge on any atom is -0.396 e. The van der Waals surface area contributed by atoms with E-state index < -0.39 is 48.0 Å². The lowest BCUT2D eigenvalue weighted by Gasteiger charge is -2.33. The maximum Gasteiger partial charge on any atom is 0.322 e. The van der Waals surface area contributed by atoms with E-state index in [1.165, 1.54) is 9.58 Å². The van der Waals surface area contributed by atoms with Crippen LogP contribution in [0.5, 0.6) is 0 Å². The second kappa shape index (κ2) is 8.30. The monoisotopic (exact) mass is 459 g/mol. The topological polar surface area (TPSA) is 83.3 Å². The Morgan fingerprint density at radius 2 is 2.16 bits per heavy atom. The molecule has 0 saturated heterocycles. The molecule has 2 N–H and O–H groups in total. The van der Waals surface area contributed by atoms with Gasteiger partial charge < -0.3 is 15.3 Å². The maximum absolute atomic E-state index is 14.9. The lowest BCUT2D eigenvalue weighted by Crippen LogP contribution is -2.45. The van der Waals surface area contributed by atoms with Crippen LogP contribution < -0.4 is 5.32 Å². The molecule has 2 aromatic rings. The highest BCUT2D eigenvalue weighted by Crippen LogP contribution is 2.42. The number of aliphatic hydroxyl groups is 1. The van der Waals surface area contributed by atoms with Gasteiger partial charge in [-0.25, -0.2) is 18.0 Å². The molecular formula is C20H22F5N5O2. The van der Waals surface area contributed by atoms with Gasteiger partial charge in [0.25, 0.3) is 12.3 Å². The molecule has 0 spiro atoms. The molecular weight excluding hydrogens is 437 g/mol. The molecule has 7 nitrogen and oxygen atoms in total. The van der Waals surface area contributed by atoms with E-state index in [9.17, 15) is 31.9 Å². The summed E-state index contributed by atoms with van der Waals surface area (Å²) in [5.74, 6) is -4.88. The molecule has 12 heteroatoms. The van der Waals surface area contributed by atoms with E-state index in [-0.39, 0.29) is 49.7 Å². The first kappa shape index (κ1) is 22.4. The highest BCUT2D eigenvalue weighted by atomic mass is 19.3. The number of nitrogens with zero attached hydrogens (tertiary/aromatic N) is 4. The fourth-order valence-corrected chi connectivity index (χ4v) is 4.29. The number of halogens is 5. The van der Waals surface area contributed by atoms with Gasteiger partial charge in [0, 0.05) is 49.7 Å². The quantitative estimate of drug-likeness (QED) is 0.684. The van der Waals surface area contributed by atoms with Crippen molar-refractivity contribution in [2.24, 2.45) is 5.92 Å². The van der Waals surface area contributed by atoms with Crippen molar-refractivity contribution in [1.29, 1.82) is 0 Å². The predicted octanol–water partition coefficient (Wildman–Crippen LogP) is 3.83. The zero-order valence-corrected chi connectivity index (χ0v) is 17.2. The minimum absolute atomic E-state index is 0.135. The molecule has 2 aliphatic heterocycles. The second-order valence-electron chi connectivity index (χ2n) is 8.22. The van der Waals surface area contributed by atoms with Crippen molar-refractivity contribution in [2.45, 2.75) is 57.7 Å². The summed E-state index contributed by atoms with van der Waals surface area (Å²) in [6.07, 6.45) is -2.32. The molecule has 0 radical (unpaired) electrons. The number of carbonyl (C=O) groups excluding carboxylic acids is 1. The third-order valence-electron chi connectivity index (χ3n) is 6.01. The standard InChI is InChI=1S/C20H22F5N5O2/c1-10-6-14-12(17-20(24,25)4-2-11(9-31)7-30(17)28-14)8-29(10)19(32)27-13-3-5-26-16(15(13)21)18(22)23/h3,5,10-11,18,31H,2,4,6-9H2,1H3,(H,26,27,32)/t10-,11?/m1/s1. The average Bonchev–Trinajstić information content (AvgIpc) is 3.02. The minimum atomic E-state index is -3.18. The Morgan fingerprint density at radius 3 is 2.84 bits per heavy atom. The normalized spacial score (nSPS) is 22.3. The van der Waals surface area contributed by atoms with Gasteiger partial charge in [0.15, 0.2) is 5.82 Å². The summed E-state index contributed by atoms with van der Waals surface area (Å²) in [5, 5.41) is 16.0. The van der Waals surface area contributed by atoms with E-state index >= 15 is 0 Å². The van der Waals surface area contributed by atoms with Crippen molar-refractivity contribution < 1.29 is 31.9 Å². The van der Waals surface area contributed by atoms with Gasteiger partial charge in [-0.3, -0.25) is 9.67 Å². The Hall–Kier alpha value is -2.76. The van der Waals surface area contributed by atoms with Crippen molar-refractivity contribution in [3.63, 3.8) is 0 Å². The number of rotatable bonds is 3. The number of nitrogens with one attached hydrogen (secondary N) is 1. The number of aliphatic hydroxyl groups excluding tert-OH is 1. The number of hydrogen-bond acceptors (Lipinski definition) is 4. The van der Waals surface area contributed by atoms with E-state index in [4.69, 9.17) is 0 Å². The molecule has 4 heterocycles. The number of pyridine rings is 1. The Balaban J connectivity index is 1.62. The van der Waals surface area contributed by atoms with Crippen LogP contribution in [0, 0.1) is 11.7 Å². The molecule has 4 rings (SSSR count). The Morgan fingerprint density at radius 1 is 1.41 bits per heavy atom. The van der Waals surface area contributed by atoms with E-state index in [0.29, 0.717) is 5.69 Å². The molecule has 0 aromatic carbocycles. The maximum atomic E-state index is 14.9. The van der Waals surface area contributed by atoms with Crippen LogP contribution in [0.3, 0.4) is 0 Å². The van der Waals surface area contributed by atoms with Gasteiger partial charge in [-0.1, -0.05) is 0 Å². The van der Waals surface area contributed by atoms with Crippen LogP contribution in [-0.4, -0.2) is 43.5 Å². The van der Waals surface area contributed by atoms with Gasteiger partial charge >= 0.3 is 6.03 Å². The van der Waals surface area contributed by atoms with Crippen molar-refractivity contribution in [3.05, 3.63) is 40.7 Å². The van der Waals surface area contributed by atoms with Crippen LogP contribution in [-0.2, 0) is 25.4 Å². The molecule has 0 saturated carbocycles. The van der Waals surface area contributed by atoms with E-state index in [0.717, 1.165) is 12.3 Å². The number of alkyl halides is 4. The lowest BCUT2D eigenvalue weighted by atomic mass is 9.96. The van der Waals surface area contributed by atoms with Crippen LogP contribution in [0.15, 0.2) is 12.3 Å². The summed E-state index contributed by atoms with van der Waals surface area (Å²) in [4.78, 5) is 17.4. The van der Waals surface area contributed by atoms with Crippen LogP contribution in [0.2, 0.25) is 0 Å². The summed E-state index contributed by atoms with van der Waals surface area (Å²) in [6, 6.07) is -0.212. The molecule has 2 aromatic heterocycles. The van der Waals surface area contributed by atoms with Crippen molar-refractivity contribution >= 4 is 11.7 Å². The van der Waals surface area contributed by atoms with E-state index in [2.05, 4.69) is 15.4 Å². The zero-order valence-electron chi connectivity index (χ0n) is 17.2. The fraction of sp³-hybridized carbons (Fsp3) is 0.550. The summed E-state index contributed by atoms with van der Waals surface area (Å²) in [6.45, 7) is 1.41. The molecule has 2 atom stereocenters. The van der Waals surface area contributed by atoms with Crippen LogP contribution in [0.1, 0.15) is 48.8 Å². The number of urea groups is 1. The number of aromatic nitrogens is 3. The molecule has 2 aliphatic rings. The molecule has 2 amide bonds. The van der Waals surface area contributed by atoms with Crippen LogP contribution in [0.4, 0.5) is 32.4 Å². The molecule has 1 unspecified atom stereocenters. The first-order valence-electron chi connectivity index (χ1n) is 10.2. The van der Waals surface area contributed by atoms with Gasteiger partial charge in [0.2, 0.25) is 0 Å². The molecule has 174 valence electrons. The third kappa shape index (κ3) is 3.91. The largest absolute Gasteiger partial charge is 0.396 e. The first-order chi connectivity index (χ1) is 15.1. The van der Waals surface area contributed by atoms with Crippen LogP contribution in [0.25, 0.3) is 0 Å². The molecule has 0 bridgehead atoms. The van der Waals surface area contributed by atoms with Crippen LogP contribution >= 0.6 is 0 Å². The smallest absolute Gasteiger partial charge is 0.322 e. The Bertz CT molecular complexity index is 1030. The van der Waals surface area contributed by atoms with Gasteiger partial charge in [-0.15, -0.1) is 0 Å².